The van der Waals surface area contributed by atoms with E-state index in [0.717, 1.165) is 53.3 Å². The number of hydrogen-bond acceptors (Lipinski definition) is 4. The number of rotatable bonds is 4. The summed E-state index contributed by atoms with van der Waals surface area (Å²) >= 11 is 1.52. The number of aromatic nitrogens is 2. The summed E-state index contributed by atoms with van der Waals surface area (Å²) in [6.07, 6.45) is 2.20. The Balaban J connectivity index is 1.58. The first kappa shape index (κ1) is 18.9. The van der Waals surface area contributed by atoms with Crippen molar-refractivity contribution >= 4 is 28.6 Å². The van der Waals surface area contributed by atoms with Crippen molar-refractivity contribution in [2.45, 2.75) is 31.7 Å². The van der Waals surface area contributed by atoms with Crippen LogP contribution in [0.5, 0.6) is 0 Å². The average Bonchev–Trinajstić information content (AvgIpc) is 2.72. The molecule has 0 atom stereocenters. The van der Waals surface area contributed by atoms with E-state index in [9.17, 15) is 4.79 Å². The summed E-state index contributed by atoms with van der Waals surface area (Å²) in [5, 5.41) is 1.88. The average molecular weight is 392 g/mol. The summed E-state index contributed by atoms with van der Waals surface area (Å²) in [5.74, 6) is 2.06. The molecule has 144 valence electrons. The van der Waals surface area contributed by atoms with Crippen LogP contribution in [-0.2, 0) is 4.79 Å². The van der Waals surface area contributed by atoms with Crippen LogP contribution in [0.15, 0.2) is 53.6 Å². The first-order valence-electron chi connectivity index (χ1n) is 9.84. The van der Waals surface area contributed by atoms with Crippen molar-refractivity contribution < 1.29 is 4.79 Å². The molecule has 1 amide bonds. The number of likely N-dealkylation sites (tertiary alicyclic amines) is 1. The second kappa shape index (κ2) is 8.31. The Morgan fingerprint density at radius 2 is 1.79 bits per heavy atom. The quantitative estimate of drug-likeness (QED) is 0.466. The molecule has 2 aromatic carbocycles. The van der Waals surface area contributed by atoms with Gasteiger partial charge in [0.05, 0.1) is 11.3 Å². The van der Waals surface area contributed by atoms with Gasteiger partial charge in [0, 0.05) is 24.0 Å². The molecule has 1 aliphatic heterocycles. The van der Waals surface area contributed by atoms with E-state index in [-0.39, 0.29) is 5.91 Å². The Bertz CT molecular complexity index is 979. The predicted molar refractivity (Wildman–Crippen MR) is 115 cm³/mol. The van der Waals surface area contributed by atoms with Gasteiger partial charge in [0.25, 0.3) is 0 Å². The molecule has 0 saturated carbocycles. The molecule has 4 rings (SSSR count). The largest absolute Gasteiger partial charge is 0.342 e. The number of piperidine rings is 1. The van der Waals surface area contributed by atoms with Crippen LogP contribution in [0.4, 0.5) is 0 Å². The van der Waals surface area contributed by atoms with Crippen LogP contribution in [0.1, 0.15) is 25.3 Å². The molecule has 2 heterocycles. The second-order valence-corrected chi connectivity index (χ2v) is 8.55. The molecule has 3 aromatic rings. The molecule has 0 spiro atoms. The van der Waals surface area contributed by atoms with Gasteiger partial charge in [-0.05, 0) is 31.7 Å². The number of nitrogens with zero attached hydrogens (tertiary/aromatic N) is 3. The van der Waals surface area contributed by atoms with Crippen LogP contribution in [-0.4, -0.2) is 39.6 Å². The first-order chi connectivity index (χ1) is 13.6. The van der Waals surface area contributed by atoms with Gasteiger partial charge in [-0.2, -0.15) is 0 Å². The van der Waals surface area contributed by atoms with E-state index in [1.165, 1.54) is 17.3 Å². The first-order valence-corrected chi connectivity index (χ1v) is 10.8. The van der Waals surface area contributed by atoms with Gasteiger partial charge in [-0.25, -0.2) is 9.97 Å². The summed E-state index contributed by atoms with van der Waals surface area (Å²) in [4.78, 5) is 24.2. The number of carbonyl (C=O) groups is 1. The lowest BCUT2D eigenvalue weighted by Crippen LogP contribution is -2.38. The minimum absolute atomic E-state index is 0.205. The van der Waals surface area contributed by atoms with Crippen molar-refractivity contribution in [1.82, 2.24) is 14.9 Å². The number of hydrogen-bond donors (Lipinski definition) is 0. The molecule has 5 heteroatoms. The number of aryl methyl sites for hydroxylation is 1. The topological polar surface area (TPSA) is 46.1 Å². The third kappa shape index (κ3) is 4.20. The summed E-state index contributed by atoms with van der Waals surface area (Å²) in [5.41, 5.74) is 3.12. The molecule has 0 radical (unpaired) electrons. The van der Waals surface area contributed by atoms with Gasteiger partial charge in [0.1, 0.15) is 5.03 Å². The Labute approximate surface area is 170 Å². The van der Waals surface area contributed by atoms with Crippen LogP contribution in [0.25, 0.3) is 22.3 Å². The minimum Gasteiger partial charge on any atom is -0.342 e. The molecule has 0 bridgehead atoms. The van der Waals surface area contributed by atoms with E-state index in [0.29, 0.717) is 11.6 Å². The summed E-state index contributed by atoms with van der Waals surface area (Å²) in [7, 11) is 0. The Morgan fingerprint density at radius 3 is 2.54 bits per heavy atom. The molecular formula is C23H25N3OS. The Morgan fingerprint density at radius 1 is 1.07 bits per heavy atom. The van der Waals surface area contributed by atoms with E-state index in [1.807, 2.05) is 41.3 Å². The molecule has 1 saturated heterocycles. The predicted octanol–water partition coefficient (Wildman–Crippen LogP) is 4.96. The number of fused-ring (bicyclic) bond motifs is 1. The molecule has 1 fully saturated rings. The van der Waals surface area contributed by atoms with Crippen LogP contribution in [0, 0.1) is 12.8 Å². The monoisotopic (exact) mass is 391 g/mol. The van der Waals surface area contributed by atoms with Crippen molar-refractivity contribution in [1.29, 1.82) is 0 Å². The van der Waals surface area contributed by atoms with Crippen LogP contribution < -0.4 is 0 Å². The van der Waals surface area contributed by atoms with Gasteiger partial charge >= 0.3 is 0 Å². The van der Waals surface area contributed by atoms with E-state index < -0.39 is 0 Å². The molecule has 0 aliphatic carbocycles. The molecule has 28 heavy (non-hydrogen) atoms. The second-order valence-electron chi connectivity index (χ2n) is 7.59. The fourth-order valence-corrected chi connectivity index (χ4v) is 4.39. The highest BCUT2D eigenvalue weighted by Crippen LogP contribution is 2.29. The number of benzene rings is 2. The van der Waals surface area contributed by atoms with Crippen molar-refractivity contribution in [3.8, 4) is 11.4 Å². The van der Waals surface area contributed by atoms with Gasteiger partial charge in [-0.3, -0.25) is 4.79 Å². The maximum atomic E-state index is 12.7. The molecule has 1 aliphatic rings. The molecule has 4 nitrogen and oxygen atoms in total. The van der Waals surface area contributed by atoms with Crippen molar-refractivity contribution in [3.05, 3.63) is 54.1 Å². The van der Waals surface area contributed by atoms with Gasteiger partial charge in [0.2, 0.25) is 5.91 Å². The van der Waals surface area contributed by atoms with Crippen molar-refractivity contribution in [3.63, 3.8) is 0 Å². The van der Waals surface area contributed by atoms with Crippen molar-refractivity contribution in [2.75, 3.05) is 18.8 Å². The number of para-hydroxylation sites is 1. The van der Waals surface area contributed by atoms with Crippen LogP contribution in [0.2, 0.25) is 0 Å². The van der Waals surface area contributed by atoms with Gasteiger partial charge in [-0.1, -0.05) is 66.7 Å². The Hall–Kier alpha value is -2.40. The summed E-state index contributed by atoms with van der Waals surface area (Å²) in [6, 6.07) is 16.3. The summed E-state index contributed by atoms with van der Waals surface area (Å²) < 4.78 is 0. The third-order valence-corrected chi connectivity index (χ3v) is 6.32. The van der Waals surface area contributed by atoms with Crippen LogP contribution >= 0.6 is 11.8 Å². The standard InChI is InChI=1S/C23H25N3OS/c1-16-7-9-18(10-8-16)22-24-20-6-4-3-5-19(20)23(25-22)28-15-21(27)26-13-11-17(2)12-14-26/h3-10,17H,11-15H2,1-2H3. The van der Waals surface area contributed by atoms with E-state index >= 15 is 0 Å². The van der Waals surface area contributed by atoms with E-state index in [2.05, 4.69) is 26.0 Å². The van der Waals surface area contributed by atoms with Gasteiger partial charge in [-0.15, -0.1) is 0 Å². The molecular weight excluding hydrogens is 366 g/mol. The third-order valence-electron chi connectivity index (χ3n) is 5.35. The fraction of sp³-hybridized carbons (Fsp3) is 0.348. The fourth-order valence-electron chi connectivity index (χ4n) is 3.47. The van der Waals surface area contributed by atoms with Gasteiger partial charge in [0.15, 0.2) is 5.82 Å². The Kier molecular flexibility index (Phi) is 5.62. The number of carbonyl (C=O) groups excluding carboxylic acids is 1. The lowest BCUT2D eigenvalue weighted by Gasteiger charge is -2.30. The highest BCUT2D eigenvalue weighted by molar-refractivity contribution is 8.00. The van der Waals surface area contributed by atoms with Gasteiger partial charge < -0.3 is 4.90 Å². The number of amides is 1. The normalized spacial score (nSPS) is 15.1. The van der Waals surface area contributed by atoms with E-state index in [1.54, 1.807) is 0 Å². The summed E-state index contributed by atoms with van der Waals surface area (Å²) in [6.45, 7) is 6.08. The smallest absolute Gasteiger partial charge is 0.232 e. The highest BCUT2D eigenvalue weighted by Gasteiger charge is 2.21. The maximum Gasteiger partial charge on any atom is 0.232 e. The van der Waals surface area contributed by atoms with Crippen molar-refractivity contribution in [2.24, 2.45) is 5.92 Å². The molecule has 1 aromatic heterocycles. The molecule has 0 unspecified atom stereocenters. The lowest BCUT2D eigenvalue weighted by atomic mass is 9.99. The lowest BCUT2D eigenvalue weighted by molar-refractivity contribution is -0.129. The van der Waals surface area contributed by atoms with Crippen LogP contribution in [0.3, 0.4) is 0 Å². The zero-order valence-corrected chi connectivity index (χ0v) is 17.2. The number of thioether (sulfide) groups is 1. The molecule has 0 N–H and O–H groups in total. The SMILES string of the molecule is Cc1ccc(-c2nc(SCC(=O)N3CCC(C)CC3)c3ccccc3n2)cc1. The maximum absolute atomic E-state index is 12.7. The highest BCUT2D eigenvalue weighted by atomic mass is 32.2. The zero-order valence-electron chi connectivity index (χ0n) is 16.4. The zero-order chi connectivity index (χ0) is 19.5. The van der Waals surface area contributed by atoms with E-state index in [4.69, 9.17) is 9.97 Å². The minimum atomic E-state index is 0.205.